The average Bonchev–Trinajstić information content (AvgIpc) is 2.76. The number of phenols is 1. The van der Waals surface area contributed by atoms with Gasteiger partial charge in [-0.2, -0.15) is 0 Å². The molecule has 0 unspecified atom stereocenters. The lowest BCUT2D eigenvalue weighted by Gasteiger charge is -2.28. The number of aromatic hydroxyl groups is 1. The molecule has 0 aliphatic rings. The molecule has 36 heteroatoms. The molecule has 87 heavy (non-hydrogen) atoms. The van der Waals surface area contributed by atoms with E-state index in [-0.39, 0.29) is 68.4 Å². The van der Waals surface area contributed by atoms with Crippen molar-refractivity contribution in [3.8, 4) is 5.75 Å². The highest BCUT2D eigenvalue weighted by atomic mass is 16.4. The van der Waals surface area contributed by atoms with E-state index in [0.29, 0.717) is 0 Å². The van der Waals surface area contributed by atoms with Crippen molar-refractivity contribution in [1.82, 2.24) is 47.9 Å². The van der Waals surface area contributed by atoms with Gasteiger partial charge in [-0.05, 0) is 68.2 Å². The number of nitrogens with one attached hydrogen (secondary N) is 9. The SMILES string of the molecule is CC(C)[C@H](N)C(=O)N[C@H](C(=O)N[C@@H](CCCN=C(N)N)C(=O)N[C@@H](CC(=O)O)C(=O)N[C@@H](Cc1ccc(O)cc1)C(=O)N[C@@H](CCCCN)C(=O)N[C@@H](CC(=O)O)C(=O)N[C@@H](CC(=O)O)C(=O)N[C@@H](CC(=O)O)C(=O)N[C@@H](CC(=O)O)C(=O)O)C(C)C. The highest BCUT2D eigenvalue weighted by Crippen LogP contribution is 2.14. The van der Waals surface area contributed by atoms with Gasteiger partial charge >= 0.3 is 35.8 Å². The molecule has 0 aromatic heterocycles. The van der Waals surface area contributed by atoms with Crippen LogP contribution in [0.5, 0.6) is 5.75 Å². The molecule has 24 N–H and O–H groups in total. The third-order valence-corrected chi connectivity index (χ3v) is 12.5. The zero-order valence-electron chi connectivity index (χ0n) is 47.9. The maximum absolute atomic E-state index is 14.4. The third-order valence-electron chi connectivity index (χ3n) is 12.5. The normalized spacial score (nSPS) is 14.4. The Bertz CT molecular complexity index is 2670. The molecule has 0 aliphatic carbocycles. The predicted octanol–water partition coefficient (Wildman–Crippen LogP) is -6.42. The van der Waals surface area contributed by atoms with E-state index in [4.69, 9.17) is 28.0 Å². The van der Waals surface area contributed by atoms with Crippen LogP contribution in [0.4, 0.5) is 0 Å². The number of rotatable bonds is 41. The Morgan fingerprint density at radius 1 is 0.425 bits per heavy atom. The summed E-state index contributed by atoms with van der Waals surface area (Å²) in [6, 6.07) is -13.4. The third kappa shape index (κ3) is 29.1. The Kier molecular flexibility index (Phi) is 32.5. The van der Waals surface area contributed by atoms with Gasteiger partial charge in [0.25, 0.3) is 0 Å². The predicted molar refractivity (Wildman–Crippen MR) is 299 cm³/mol. The highest BCUT2D eigenvalue weighted by Gasteiger charge is 2.38. The minimum absolute atomic E-state index is 0.0128. The molecule has 1 rings (SSSR count). The van der Waals surface area contributed by atoms with Crippen molar-refractivity contribution in [2.45, 2.75) is 159 Å². The van der Waals surface area contributed by atoms with Crippen LogP contribution in [0.2, 0.25) is 0 Å². The number of guanidine groups is 1. The molecule has 0 heterocycles. The maximum Gasteiger partial charge on any atom is 0.326 e. The molecule has 0 radical (unpaired) electrons. The molecule has 10 atom stereocenters. The Morgan fingerprint density at radius 2 is 0.759 bits per heavy atom. The van der Waals surface area contributed by atoms with Gasteiger partial charge in [-0.1, -0.05) is 39.8 Å². The van der Waals surface area contributed by atoms with E-state index < -0.39 is 194 Å². The van der Waals surface area contributed by atoms with E-state index in [1.807, 2.05) is 10.6 Å². The number of phenolic OH excluding ortho intramolecular Hbond substituents is 1. The number of nitrogens with zero attached hydrogens (tertiary/aromatic N) is 1. The summed E-state index contributed by atoms with van der Waals surface area (Å²) in [7, 11) is 0. The average molecular weight is 1240 g/mol. The first-order valence-corrected chi connectivity index (χ1v) is 26.9. The Balaban J connectivity index is 3.76. The summed E-state index contributed by atoms with van der Waals surface area (Å²) in [6.07, 6.45) is -7.22. The zero-order valence-corrected chi connectivity index (χ0v) is 47.9. The van der Waals surface area contributed by atoms with Crippen LogP contribution >= 0.6 is 0 Å². The summed E-state index contributed by atoms with van der Waals surface area (Å²) < 4.78 is 0. The van der Waals surface area contributed by atoms with Gasteiger partial charge in [0, 0.05) is 13.0 Å². The number of hydrogen-bond acceptors (Lipinski definition) is 19. The lowest BCUT2D eigenvalue weighted by atomic mass is 9.99. The number of carboxylic acid groups (broad SMARTS) is 6. The molecule has 1 aromatic carbocycles. The van der Waals surface area contributed by atoms with Crippen molar-refractivity contribution in [3.05, 3.63) is 29.8 Å². The standard InChI is InChI=1S/C51H78N14O22/c1-22(2)39(53)48(84)65-40(23(3)4)49(85)58-27(9-7-15-56-51(54)55)42(78)61-29(17-34(67)68)44(80)59-28(16-24-10-12-25(66)13-11-24)43(79)57-26(8-5-6-14-52)41(77)60-30(18-35(69)70)45(81)62-31(19-36(71)72)46(82)63-32(20-37(73)74)47(83)64-33(50(86)87)21-38(75)76/h10-13,22-23,26-33,39-40,66H,5-9,14-21,52-53H2,1-4H3,(H,57,79)(H,58,85)(H,59,80)(H,60,77)(H,61,78)(H,62,81)(H,63,82)(H,64,83)(H,65,84)(H,67,68)(H,69,70)(H,71,72)(H,73,74)(H,75,76)(H,86,87)(H4,54,55,56)/t26-,27-,28-,29-,30-,31-,32-,33-,39-,40-/m0/s1. The van der Waals surface area contributed by atoms with Crippen molar-refractivity contribution in [2.24, 2.45) is 39.8 Å². The Hall–Kier alpha value is -9.74. The van der Waals surface area contributed by atoms with Crippen LogP contribution in [0.25, 0.3) is 0 Å². The van der Waals surface area contributed by atoms with Gasteiger partial charge in [-0.3, -0.25) is 72.1 Å². The van der Waals surface area contributed by atoms with Gasteiger partial charge in [-0.15, -0.1) is 0 Å². The number of carbonyl (C=O) groups is 15. The van der Waals surface area contributed by atoms with Crippen LogP contribution < -0.4 is 70.8 Å². The Morgan fingerprint density at radius 3 is 1.11 bits per heavy atom. The van der Waals surface area contributed by atoms with Crippen LogP contribution in [-0.4, -0.2) is 204 Å². The van der Waals surface area contributed by atoms with E-state index in [1.165, 1.54) is 24.3 Å². The second kappa shape index (κ2) is 37.5. The van der Waals surface area contributed by atoms with Gasteiger partial charge in [0.1, 0.15) is 60.1 Å². The summed E-state index contributed by atoms with van der Waals surface area (Å²) in [5.41, 5.74) is 22.8. The minimum Gasteiger partial charge on any atom is -0.508 e. The number of aliphatic carboxylic acids is 6. The quantitative estimate of drug-likeness (QED) is 0.0165. The van der Waals surface area contributed by atoms with Gasteiger partial charge in [-0.25, -0.2) is 4.79 Å². The molecule has 0 fully saturated rings. The fourth-order valence-corrected chi connectivity index (χ4v) is 7.78. The summed E-state index contributed by atoms with van der Waals surface area (Å²) in [5.74, 6) is -23.5. The number of carbonyl (C=O) groups excluding carboxylic acids is 9. The van der Waals surface area contributed by atoms with Gasteiger partial charge in [0.15, 0.2) is 5.96 Å². The van der Waals surface area contributed by atoms with E-state index in [2.05, 4.69) is 36.9 Å². The van der Waals surface area contributed by atoms with Crippen LogP contribution in [0.1, 0.15) is 97.5 Å². The molecule has 1 aromatic rings. The van der Waals surface area contributed by atoms with Crippen molar-refractivity contribution in [2.75, 3.05) is 13.1 Å². The van der Waals surface area contributed by atoms with E-state index >= 15 is 0 Å². The molecule has 0 spiro atoms. The van der Waals surface area contributed by atoms with Crippen LogP contribution in [0.3, 0.4) is 0 Å². The zero-order chi connectivity index (χ0) is 66.4. The number of amides is 9. The number of benzene rings is 1. The van der Waals surface area contributed by atoms with Gasteiger partial charge in [0.05, 0.1) is 38.1 Å². The molecule has 9 amide bonds. The first-order valence-electron chi connectivity index (χ1n) is 26.9. The molecule has 484 valence electrons. The summed E-state index contributed by atoms with van der Waals surface area (Å²) in [4.78, 5) is 198. The molecular formula is C51H78N14O22. The second-order valence-corrected chi connectivity index (χ2v) is 20.4. The summed E-state index contributed by atoms with van der Waals surface area (Å²) in [6.45, 7) is 6.47. The topological polar surface area (TPSA) is 622 Å². The molecule has 0 bridgehead atoms. The van der Waals surface area contributed by atoms with E-state index in [0.717, 1.165) is 0 Å². The molecule has 0 aliphatic heterocycles. The van der Waals surface area contributed by atoms with Crippen LogP contribution in [0.15, 0.2) is 29.3 Å². The summed E-state index contributed by atoms with van der Waals surface area (Å²) in [5, 5.41) is 86.6. The lowest BCUT2D eigenvalue weighted by molar-refractivity contribution is -0.148. The number of hydrogen-bond donors (Lipinski definition) is 20. The first-order chi connectivity index (χ1) is 40.6. The number of nitrogens with two attached hydrogens (primary N) is 4. The van der Waals surface area contributed by atoms with Crippen LogP contribution in [0, 0.1) is 11.8 Å². The smallest absolute Gasteiger partial charge is 0.326 e. The van der Waals surface area contributed by atoms with Crippen LogP contribution in [-0.2, 0) is 78.3 Å². The van der Waals surface area contributed by atoms with Crippen molar-refractivity contribution < 1.29 is 108 Å². The van der Waals surface area contributed by atoms with E-state index in [9.17, 15) is 103 Å². The minimum atomic E-state index is -2.31. The number of carboxylic acids is 6. The largest absolute Gasteiger partial charge is 0.508 e. The fourth-order valence-electron chi connectivity index (χ4n) is 7.78. The van der Waals surface area contributed by atoms with Crippen molar-refractivity contribution in [1.29, 1.82) is 0 Å². The molecular weight excluding hydrogens is 1160 g/mol. The Labute approximate surface area is 496 Å². The van der Waals surface area contributed by atoms with Gasteiger partial charge in [0.2, 0.25) is 53.2 Å². The highest BCUT2D eigenvalue weighted by molar-refractivity contribution is 6.01. The van der Waals surface area contributed by atoms with Gasteiger partial charge < -0.3 is 107 Å². The first kappa shape index (κ1) is 75.3. The molecule has 0 saturated heterocycles. The van der Waals surface area contributed by atoms with E-state index in [1.54, 1.807) is 33.0 Å². The number of unbranched alkanes of at least 4 members (excludes halogenated alkanes) is 1. The molecule has 0 saturated carbocycles. The summed E-state index contributed by atoms with van der Waals surface area (Å²) >= 11 is 0. The van der Waals surface area contributed by atoms with Crippen molar-refractivity contribution >= 4 is 94.9 Å². The maximum atomic E-state index is 14.4. The lowest BCUT2D eigenvalue weighted by Crippen LogP contribution is -2.61. The second-order valence-electron chi connectivity index (χ2n) is 20.4. The fraction of sp³-hybridized carbons (Fsp3) is 0.569. The van der Waals surface area contributed by atoms with Crippen molar-refractivity contribution in [3.63, 3.8) is 0 Å². The monoisotopic (exact) mass is 1240 g/mol. The molecule has 36 nitrogen and oxygen atoms in total. The number of aliphatic imine (C=N–C) groups is 1.